The Bertz CT molecular complexity index is 477. The number of aliphatic hydroxyl groups is 1. The van der Waals surface area contributed by atoms with E-state index < -0.39 is 0 Å². The maximum absolute atomic E-state index is 12.2. The predicted octanol–water partition coefficient (Wildman–Crippen LogP) is 0.476. The van der Waals surface area contributed by atoms with Gasteiger partial charge in [-0.25, -0.2) is 0 Å². The number of morpholine rings is 1. The molecule has 0 bridgehead atoms. The second-order valence-corrected chi connectivity index (χ2v) is 5.96. The van der Waals surface area contributed by atoms with E-state index in [2.05, 4.69) is 5.32 Å². The lowest BCUT2D eigenvalue weighted by Crippen LogP contribution is -2.52. The van der Waals surface area contributed by atoms with Crippen molar-refractivity contribution in [2.75, 3.05) is 26.3 Å². The third-order valence-corrected chi connectivity index (χ3v) is 4.27. The number of ether oxygens (including phenoxy) is 1. The van der Waals surface area contributed by atoms with E-state index in [4.69, 9.17) is 9.84 Å². The van der Waals surface area contributed by atoms with Gasteiger partial charge in [-0.3, -0.25) is 9.59 Å². The van der Waals surface area contributed by atoms with Gasteiger partial charge in [0.1, 0.15) is 0 Å². The number of nitrogens with one attached hydrogen (secondary N) is 1. The topological polar surface area (TPSA) is 78.9 Å². The first kappa shape index (κ1) is 15.9. The van der Waals surface area contributed by atoms with E-state index in [1.54, 1.807) is 11.0 Å². The predicted molar refractivity (Wildman–Crippen MR) is 79.3 cm³/mol. The number of carbonyl (C=O) groups is 2. The molecule has 21 heavy (non-hydrogen) atoms. The van der Waals surface area contributed by atoms with Crippen LogP contribution in [0.4, 0.5) is 0 Å². The molecule has 0 spiro atoms. The molecule has 2 atom stereocenters. The Kier molecular flexibility index (Phi) is 5.72. The van der Waals surface area contributed by atoms with Crippen LogP contribution in [0, 0.1) is 0 Å². The summed E-state index contributed by atoms with van der Waals surface area (Å²) in [6.07, 6.45) is -0.0644. The smallest absolute Gasteiger partial charge is 0.261 e. The molecule has 7 heteroatoms. The normalized spacial score (nSPS) is 22.1. The summed E-state index contributed by atoms with van der Waals surface area (Å²) in [4.78, 5) is 26.3. The van der Waals surface area contributed by atoms with Gasteiger partial charge in [-0.1, -0.05) is 6.07 Å². The second kappa shape index (κ2) is 7.53. The van der Waals surface area contributed by atoms with E-state index in [1.165, 1.54) is 11.3 Å². The molecule has 1 fully saturated rings. The average molecular weight is 312 g/mol. The molecule has 1 aromatic heterocycles. The zero-order valence-corrected chi connectivity index (χ0v) is 12.8. The highest BCUT2D eigenvalue weighted by Crippen LogP contribution is 2.13. The van der Waals surface area contributed by atoms with E-state index in [1.807, 2.05) is 18.4 Å². The molecule has 2 amide bonds. The van der Waals surface area contributed by atoms with Crippen LogP contribution >= 0.6 is 11.3 Å². The van der Waals surface area contributed by atoms with E-state index in [-0.39, 0.29) is 37.0 Å². The molecular weight excluding hydrogens is 292 g/mol. The van der Waals surface area contributed by atoms with Gasteiger partial charge in [-0.2, -0.15) is 0 Å². The quantitative estimate of drug-likeness (QED) is 0.829. The average Bonchev–Trinajstić information content (AvgIpc) is 3.01. The fourth-order valence-electron chi connectivity index (χ4n) is 2.20. The fraction of sp³-hybridized carbons (Fsp3) is 0.571. The fourth-order valence-corrected chi connectivity index (χ4v) is 2.84. The molecule has 2 N–H and O–H groups in total. The lowest BCUT2D eigenvalue weighted by Gasteiger charge is -2.37. The third kappa shape index (κ3) is 4.26. The Labute approximate surface area is 127 Å². The first-order valence-corrected chi connectivity index (χ1v) is 7.83. The minimum atomic E-state index is -0.314. The van der Waals surface area contributed by atoms with Crippen molar-refractivity contribution in [1.29, 1.82) is 0 Å². The van der Waals surface area contributed by atoms with Crippen molar-refractivity contribution in [2.45, 2.75) is 25.5 Å². The van der Waals surface area contributed by atoms with E-state index in [0.29, 0.717) is 24.6 Å². The number of aliphatic hydroxyl groups excluding tert-OH is 1. The number of nitrogens with zero attached hydrogens (tertiary/aromatic N) is 1. The zero-order valence-electron chi connectivity index (χ0n) is 11.9. The monoisotopic (exact) mass is 312 g/mol. The molecule has 1 aromatic rings. The summed E-state index contributed by atoms with van der Waals surface area (Å²) in [5.41, 5.74) is 0. The van der Waals surface area contributed by atoms with Crippen LogP contribution in [0.3, 0.4) is 0 Å². The van der Waals surface area contributed by atoms with Crippen LogP contribution < -0.4 is 5.32 Å². The lowest BCUT2D eigenvalue weighted by atomic mass is 10.2. The van der Waals surface area contributed by atoms with Gasteiger partial charge in [0, 0.05) is 19.5 Å². The molecule has 2 rings (SSSR count). The lowest BCUT2D eigenvalue weighted by molar-refractivity contribution is -0.146. The van der Waals surface area contributed by atoms with Crippen molar-refractivity contribution in [3.8, 4) is 0 Å². The maximum Gasteiger partial charge on any atom is 0.261 e. The number of hydrogen-bond acceptors (Lipinski definition) is 5. The summed E-state index contributed by atoms with van der Waals surface area (Å²) in [5, 5.41) is 13.7. The van der Waals surface area contributed by atoms with Gasteiger partial charge >= 0.3 is 0 Å². The Balaban J connectivity index is 1.77. The molecule has 2 heterocycles. The third-order valence-electron chi connectivity index (χ3n) is 3.40. The summed E-state index contributed by atoms with van der Waals surface area (Å²) in [7, 11) is 0. The second-order valence-electron chi connectivity index (χ2n) is 5.02. The van der Waals surface area contributed by atoms with Crippen LogP contribution in [0.25, 0.3) is 0 Å². The highest BCUT2D eigenvalue weighted by atomic mass is 32.1. The number of carbonyl (C=O) groups excluding carboxylic acids is 2. The van der Waals surface area contributed by atoms with Gasteiger partial charge in [0.2, 0.25) is 5.91 Å². The summed E-state index contributed by atoms with van der Waals surface area (Å²) in [6, 6.07) is 3.56. The standard InChI is InChI=1S/C14H20N2O4S/c1-10-9-20-11(8-17)7-16(10)13(18)4-5-15-14(19)12-3-2-6-21-12/h2-3,6,10-11,17H,4-5,7-9H2,1H3,(H,15,19). The van der Waals surface area contributed by atoms with Crippen molar-refractivity contribution < 1.29 is 19.4 Å². The van der Waals surface area contributed by atoms with Crippen molar-refractivity contribution in [3.05, 3.63) is 22.4 Å². The van der Waals surface area contributed by atoms with E-state index >= 15 is 0 Å². The SMILES string of the molecule is CC1COC(CO)CN1C(=O)CCNC(=O)c1cccs1. The molecule has 0 radical (unpaired) electrons. The van der Waals surface area contributed by atoms with Crippen molar-refractivity contribution in [2.24, 2.45) is 0 Å². The molecule has 2 unspecified atom stereocenters. The van der Waals surface area contributed by atoms with Crippen molar-refractivity contribution >= 4 is 23.2 Å². The first-order chi connectivity index (χ1) is 10.1. The number of amides is 2. The highest BCUT2D eigenvalue weighted by Gasteiger charge is 2.28. The number of rotatable bonds is 5. The minimum absolute atomic E-state index is 0.00621. The zero-order chi connectivity index (χ0) is 15.2. The molecule has 6 nitrogen and oxygen atoms in total. The molecule has 1 aliphatic heterocycles. The number of thiophene rings is 1. The molecule has 1 saturated heterocycles. The number of hydrogen-bond donors (Lipinski definition) is 2. The van der Waals surface area contributed by atoms with Crippen LogP contribution in [0.2, 0.25) is 0 Å². The molecule has 1 aliphatic rings. The molecule has 0 aliphatic carbocycles. The maximum atomic E-state index is 12.2. The van der Waals surface area contributed by atoms with Gasteiger partial charge in [0.15, 0.2) is 0 Å². The highest BCUT2D eigenvalue weighted by molar-refractivity contribution is 7.12. The largest absolute Gasteiger partial charge is 0.394 e. The minimum Gasteiger partial charge on any atom is -0.394 e. The van der Waals surface area contributed by atoms with Crippen LogP contribution in [-0.2, 0) is 9.53 Å². The van der Waals surface area contributed by atoms with Gasteiger partial charge in [0.25, 0.3) is 5.91 Å². The summed E-state index contributed by atoms with van der Waals surface area (Å²) in [6.45, 7) is 2.96. The van der Waals surface area contributed by atoms with Gasteiger partial charge < -0.3 is 20.1 Å². The Morgan fingerprint density at radius 1 is 1.57 bits per heavy atom. The first-order valence-electron chi connectivity index (χ1n) is 6.95. The molecule has 116 valence electrons. The van der Waals surface area contributed by atoms with E-state index in [0.717, 1.165) is 0 Å². The van der Waals surface area contributed by atoms with E-state index in [9.17, 15) is 9.59 Å². The van der Waals surface area contributed by atoms with Crippen LogP contribution in [-0.4, -0.2) is 60.3 Å². The summed E-state index contributed by atoms with van der Waals surface area (Å²) in [5.74, 6) is -0.184. The Morgan fingerprint density at radius 2 is 2.38 bits per heavy atom. The Hall–Kier alpha value is -1.44. The van der Waals surface area contributed by atoms with Gasteiger partial charge in [-0.05, 0) is 18.4 Å². The summed E-state index contributed by atoms with van der Waals surface area (Å²) < 4.78 is 5.40. The van der Waals surface area contributed by atoms with Crippen LogP contribution in [0.15, 0.2) is 17.5 Å². The van der Waals surface area contributed by atoms with Crippen molar-refractivity contribution in [3.63, 3.8) is 0 Å². The summed E-state index contributed by atoms with van der Waals surface area (Å²) >= 11 is 1.37. The molecule has 0 saturated carbocycles. The molecular formula is C14H20N2O4S. The van der Waals surface area contributed by atoms with Crippen LogP contribution in [0.1, 0.15) is 23.0 Å². The Morgan fingerprint density at radius 3 is 3.05 bits per heavy atom. The van der Waals surface area contributed by atoms with Crippen LogP contribution in [0.5, 0.6) is 0 Å². The van der Waals surface area contributed by atoms with Gasteiger partial charge in [0.05, 0.1) is 30.2 Å². The molecule has 0 aromatic carbocycles. The van der Waals surface area contributed by atoms with Gasteiger partial charge in [-0.15, -0.1) is 11.3 Å². The van der Waals surface area contributed by atoms with Crippen molar-refractivity contribution in [1.82, 2.24) is 10.2 Å².